The van der Waals surface area contributed by atoms with Crippen LogP contribution in [0.15, 0.2) is 48.9 Å². The number of carbonyl (C=O) groups excluding carboxylic acids is 2. The van der Waals surface area contributed by atoms with E-state index in [1.54, 1.807) is 0 Å². The first-order valence-corrected chi connectivity index (χ1v) is 11.9. The van der Waals surface area contributed by atoms with E-state index in [9.17, 15) is 22.8 Å². The number of nitrogens with two attached hydrogens (primary N) is 1. The highest BCUT2D eigenvalue weighted by Gasteiger charge is 2.44. The molecular formula is C25H24ClF3N6O4. The number of ether oxygens (including phenoxy) is 2. The number of nitrogens with one attached hydrogen (secondary N) is 3. The topological polar surface area (TPSA) is 140 Å². The van der Waals surface area contributed by atoms with E-state index in [-0.39, 0.29) is 59.6 Å². The van der Waals surface area contributed by atoms with Crippen LogP contribution in [0, 0.1) is 0 Å². The molecule has 1 unspecified atom stereocenters. The number of hydrogen-bond donors (Lipinski definition) is 4. The van der Waals surface area contributed by atoms with Gasteiger partial charge in [-0.3, -0.25) is 19.6 Å². The van der Waals surface area contributed by atoms with E-state index in [4.69, 9.17) is 26.8 Å². The lowest BCUT2D eigenvalue weighted by molar-refractivity contribution is -0.137. The maximum absolute atomic E-state index is 13.5. The van der Waals surface area contributed by atoms with Crippen molar-refractivity contribution >= 4 is 40.5 Å². The van der Waals surface area contributed by atoms with Crippen LogP contribution in [0.4, 0.5) is 30.2 Å². The third-order valence-electron chi connectivity index (χ3n) is 5.98. The van der Waals surface area contributed by atoms with Gasteiger partial charge in [0.05, 0.1) is 65.4 Å². The van der Waals surface area contributed by atoms with Crippen molar-refractivity contribution in [2.24, 2.45) is 0 Å². The van der Waals surface area contributed by atoms with Crippen molar-refractivity contribution in [1.82, 2.24) is 20.6 Å². The van der Waals surface area contributed by atoms with Gasteiger partial charge in [0.15, 0.2) is 0 Å². The standard InChI is InChI=1S/C25H24ClF3N6O4/c1-38-17-2-3-20(18(8-17)25(27,28)29)34-16-7-19(26)21(32-11-16)12-33-23(37)24(4-5-39-13-24)35-22(36)14-6-15(30)10-31-9-14/h2-3,6-11,34H,4-5,12-13,30H2,1H3,(H,33,37)(H,35,36). The fourth-order valence-electron chi connectivity index (χ4n) is 3.92. The van der Waals surface area contributed by atoms with Gasteiger partial charge in [-0.25, -0.2) is 0 Å². The summed E-state index contributed by atoms with van der Waals surface area (Å²) in [7, 11) is 1.27. The molecule has 4 rings (SSSR count). The molecule has 1 aliphatic heterocycles. The van der Waals surface area contributed by atoms with Gasteiger partial charge in [-0.05, 0) is 30.3 Å². The maximum Gasteiger partial charge on any atom is 0.418 e. The maximum atomic E-state index is 13.5. The molecule has 0 radical (unpaired) electrons. The summed E-state index contributed by atoms with van der Waals surface area (Å²) >= 11 is 6.32. The molecule has 10 nitrogen and oxygen atoms in total. The van der Waals surface area contributed by atoms with Crippen molar-refractivity contribution in [2.75, 3.05) is 31.4 Å². The highest BCUT2D eigenvalue weighted by atomic mass is 35.5. The van der Waals surface area contributed by atoms with Gasteiger partial charge in [0.2, 0.25) is 5.91 Å². The number of nitrogen functional groups attached to an aromatic ring is 1. The molecule has 1 fully saturated rings. The zero-order chi connectivity index (χ0) is 28.2. The Morgan fingerprint density at radius 2 is 2.00 bits per heavy atom. The molecule has 3 aromatic rings. The Hall–Kier alpha value is -4.10. The molecule has 0 aliphatic carbocycles. The zero-order valence-corrected chi connectivity index (χ0v) is 21.3. The van der Waals surface area contributed by atoms with E-state index in [0.29, 0.717) is 5.69 Å². The van der Waals surface area contributed by atoms with Crippen molar-refractivity contribution < 1.29 is 32.2 Å². The second-order valence-corrected chi connectivity index (χ2v) is 9.12. The fourth-order valence-corrected chi connectivity index (χ4v) is 4.15. The first-order chi connectivity index (χ1) is 18.5. The van der Waals surface area contributed by atoms with Crippen LogP contribution in [0.2, 0.25) is 5.02 Å². The highest BCUT2D eigenvalue weighted by Crippen LogP contribution is 2.38. The number of halogens is 4. The number of pyridine rings is 2. The third-order valence-corrected chi connectivity index (χ3v) is 6.30. The second kappa shape index (κ2) is 11.3. The number of hydrogen-bond acceptors (Lipinski definition) is 8. The number of carbonyl (C=O) groups is 2. The minimum atomic E-state index is -4.63. The lowest BCUT2D eigenvalue weighted by Crippen LogP contribution is -2.59. The minimum absolute atomic E-state index is 0.0479. The summed E-state index contributed by atoms with van der Waals surface area (Å²) in [5, 5.41) is 8.18. The van der Waals surface area contributed by atoms with E-state index in [0.717, 1.165) is 6.07 Å². The molecule has 0 spiro atoms. The van der Waals surface area contributed by atoms with E-state index in [1.807, 2.05) is 0 Å². The fraction of sp³-hybridized carbons (Fsp3) is 0.280. The van der Waals surface area contributed by atoms with Crippen molar-refractivity contribution in [2.45, 2.75) is 24.7 Å². The van der Waals surface area contributed by atoms with Crippen molar-refractivity contribution in [3.05, 3.63) is 70.8 Å². The van der Waals surface area contributed by atoms with Crippen LogP contribution in [-0.2, 0) is 22.3 Å². The molecule has 1 saturated heterocycles. The molecule has 39 heavy (non-hydrogen) atoms. The first-order valence-electron chi connectivity index (χ1n) is 11.6. The van der Waals surface area contributed by atoms with Crippen LogP contribution < -0.4 is 26.4 Å². The van der Waals surface area contributed by atoms with Crippen LogP contribution in [-0.4, -0.2) is 47.6 Å². The number of alkyl halides is 3. The SMILES string of the molecule is COc1ccc(Nc2cnc(CNC(=O)C3(NC(=O)c4cncc(N)c4)CCOC3)c(Cl)c2)c(C(F)(F)F)c1. The normalized spacial score (nSPS) is 16.9. The van der Waals surface area contributed by atoms with Crippen molar-refractivity contribution in [1.29, 1.82) is 0 Å². The number of anilines is 3. The number of nitrogens with zero attached hydrogens (tertiary/aromatic N) is 2. The van der Waals surface area contributed by atoms with Gasteiger partial charge >= 0.3 is 6.18 Å². The van der Waals surface area contributed by atoms with E-state index >= 15 is 0 Å². The van der Waals surface area contributed by atoms with Crippen molar-refractivity contribution in [3.63, 3.8) is 0 Å². The average molecular weight is 565 g/mol. The molecular weight excluding hydrogens is 541 g/mol. The summed E-state index contributed by atoms with van der Waals surface area (Å²) in [6, 6.07) is 6.34. The van der Waals surface area contributed by atoms with Gasteiger partial charge in [0.25, 0.3) is 5.91 Å². The summed E-state index contributed by atoms with van der Waals surface area (Å²) < 4.78 is 50.8. The summed E-state index contributed by atoms with van der Waals surface area (Å²) in [6.45, 7) is 0.104. The summed E-state index contributed by atoms with van der Waals surface area (Å²) in [4.78, 5) is 33.9. The lowest BCUT2D eigenvalue weighted by Gasteiger charge is -2.27. The number of aromatic nitrogens is 2. The Labute approximate surface area is 226 Å². The lowest BCUT2D eigenvalue weighted by atomic mass is 9.96. The molecule has 5 N–H and O–H groups in total. The van der Waals surface area contributed by atoms with Crippen molar-refractivity contribution in [3.8, 4) is 5.75 Å². The van der Waals surface area contributed by atoms with Gasteiger partial charge in [-0.15, -0.1) is 0 Å². The minimum Gasteiger partial charge on any atom is -0.497 e. The quantitative estimate of drug-likeness (QED) is 0.325. The molecule has 1 aromatic carbocycles. The summed E-state index contributed by atoms with van der Waals surface area (Å²) in [5.74, 6) is -1.00. The van der Waals surface area contributed by atoms with Crippen LogP contribution in [0.5, 0.6) is 5.75 Å². The van der Waals surface area contributed by atoms with Crippen LogP contribution in [0.3, 0.4) is 0 Å². The predicted octanol–water partition coefficient (Wildman–Crippen LogP) is 3.69. The van der Waals surface area contributed by atoms with Crippen LogP contribution in [0.1, 0.15) is 28.0 Å². The van der Waals surface area contributed by atoms with Gasteiger partial charge in [0.1, 0.15) is 11.3 Å². The summed E-state index contributed by atoms with van der Waals surface area (Å²) in [5.41, 5.74) is 4.17. The van der Waals surface area contributed by atoms with E-state index in [1.165, 1.54) is 50.0 Å². The second-order valence-electron chi connectivity index (χ2n) is 8.72. The number of methoxy groups -OCH3 is 1. The average Bonchev–Trinajstić information content (AvgIpc) is 3.37. The van der Waals surface area contributed by atoms with E-state index < -0.39 is 29.1 Å². The Morgan fingerprint density at radius 1 is 1.21 bits per heavy atom. The van der Waals surface area contributed by atoms with Gasteiger partial charge < -0.3 is 31.2 Å². The molecule has 1 aliphatic rings. The zero-order valence-electron chi connectivity index (χ0n) is 20.6. The molecule has 14 heteroatoms. The molecule has 2 aromatic heterocycles. The van der Waals surface area contributed by atoms with Gasteiger partial charge in [-0.2, -0.15) is 13.2 Å². The number of rotatable bonds is 8. The number of benzene rings is 1. The Balaban J connectivity index is 1.45. The molecule has 206 valence electrons. The molecule has 3 heterocycles. The van der Waals surface area contributed by atoms with Crippen LogP contribution in [0.25, 0.3) is 0 Å². The van der Waals surface area contributed by atoms with Gasteiger partial charge in [-0.1, -0.05) is 11.6 Å². The number of amides is 2. The monoisotopic (exact) mass is 564 g/mol. The molecule has 2 amide bonds. The smallest absolute Gasteiger partial charge is 0.418 e. The van der Waals surface area contributed by atoms with E-state index in [2.05, 4.69) is 25.9 Å². The Kier molecular flexibility index (Phi) is 8.11. The van der Waals surface area contributed by atoms with Gasteiger partial charge in [0, 0.05) is 25.4 Å². The predicted molar refractivity (Wildman–Crippen MR) is 137 cm³/mol. The summed E-state index contributed by atoms with van der Waals surface area (Å²) in [6.07, 6.45) is -0.385. The van der Waals surface area contributed by atoms with Crippen LogP contribution >= 0.6 is 11.6 Å². The highest BCUT2D eigenvalue weighted by molar-refractivity contribution is 6.31. The first kappa shape index (κ1) is 27.9. The largest absolute Gasteiger partial charge is 0.497 e. The third kappa shape index (κ3) is 6.49. The Morgan fingerprint density at radius 3 is 2.64 bits per heavy atom. The Bertz CT molecular complexity index is 1380. The molecule has 0 saturated carbocycles. The molecule has 0 bridgehead atoms. The molecule has 1 atom stereocenters.